The second-order valence-electron chi connectivity index (χ2n) is 3.59. The highest BCUT2D eigenvalue weighted by Crippen LogP contribution is 2.19. The molecule has 2 unspecified atom stereocenters. The molecule has 0 amide bonds. The molecule has 0 aliphatic heterocycles. The van der Waals surface area contributed by atoms with E-state index >= 15 is 0 Å². The van der Waals surface area contributed by atoms with Gasteiger partial charge in [0, 0.05) is 6.54 Å². The predicted molar refractivity (Wildman–Crippen MR) is 61.9 cm³/mol. The van der Waals surface area contributed by atoms with Crippen molar-refractivity contribution in [3.8, 4) is 0 Å². The molecule has 0 saturated heterocycles. The summed E-state index contributed by atoms with van der Waals surface area (Å²) in [5.74, 6) is -0.835. The lowest BCUT2D eigenvalue weighted by atomic mass is 10.0. The highest BCUT2D eigenvalue weighted by Gasteiger charge is 2.26. The number of benzene rings is 1. The minimum atomic E-state index is -1.58. The van der Waals surface area contributed by atoms with Crippen LogP contribution in [0.1, 0.15) is 24.2 Å². The summed E-state index contributed by atoms with van der Waals surface area (Å²) in [5.41, 5.74) is 6.72. The van der Waals surface area contributed by atoms with Crippen molar-refractivity contribution in [3.63, 3.8) is 0 Å². The minimum Gasteiger partial charge on any atom is -0.464 e. The highest BCUT2D eigenvalue weighted by molar-refractivity contribution is 5.75. The molecule has 0 fully saturated rings. The van der Waals surface area contributed by atoms with Crippen LogP contribution >= 0.6 is 0 Å². The molecule has 2 atom stereocenters. The van der Waals surface area contributed by atoms with Crippen LogP contribution in [0, 0.1) is 0 Å². The zero-order valence-corrected chi connectivity index (χ0v) is 9.67. The number of carbonyl (C=O) groups excluding carboxylic acids is 1. The Morgan fingerprint density at radius 2 is 2.18 bits per heavy atom. The van der Waals surface area contributed by atoms with Crippen molar-refractivity contribution in [2.45, 2.75) is 25.7 Å². The van der Waals surface area contributed by atoms with E-state index in [0.29, 0.717) is 12.1 Å². The van der Waals surface area contributed by atoms with Gasteiger partial charge in [0.05, 0.1) is 6.61 Å². The fraction of sp³-hybridized carbons (Fsp3) is 0.417. The fourth-order valence-corrected chi connectivity index (χ4v) is 1.44. The van der Waals surface area contributed by atoms with Gasteiger partial charge in [0.15, 0.2) is 6.10 Å². The van der Waals surface area contributed by atoms with E-state index in [1.165, 1.54) is 0 Å². The molecule has 5 nitrogen and oxygen atoms in total. The van der Waals surface area contributed by atoms with Gasteiger partial charge < -0.3 is 20.7 Å². The van der Waals surface area contributed by atoms with Crippen molar-refractivity contribution >= 4 is 5.97 Å². The van der Waals surface area contributed by atoms with Gasteiger partial charge in [0.2, 0.25) is 0 Å². The first kappa shape index (κ1) is 13.6. The molecule has 4 N–H and O–H groups in total. The molecule has 1 aromatic carbocycles. The average Bonchev–Trinajstić information content (AvgIpc) is 2.37. The molecule has 0 aliphatic carbocycles. The number of nitrogens with two attached hydrogens (primary N) is 1. The van der Waals surface area contributed by atoms with Crippen molar-refractivity contribution in [2.75, 3.05) is 6.61 Å². The van der Waals surface area contributed by atoms with Crippen molar-refractivity contribution in [3.05, 3.63) is 35.4 Å². The van der Waals surface area contributed by atoms with Crippen LogP contribution in [0.15, 0.2) is 24.3 Å². The zero-order chi connectivity index (χ0) is 12.8. The van der Waals surface area contributed by atoms with E-state index in [2.05, 4.69) is 4.74 Å². The normalized spacial score (nSPS) is 14.1. The van der Waals surface area contributed by atoms with Gasteiger partial charge in [-0.1, -0.05) is 24.3 Å². The lowest BCUT2D eigenvalue weighted by Gasteiger charge is -2.17. The number of aliphatic hydroxyl groups is 2. The van der Waals surface area contributed by atoms with Gasteiger partial charge in [-0.05, 0) is 18.1 Å². The summed E-state index contributed by atoms with van der Waals surface area (Å²) in [6.07, 6.45) is -2.89. The Labute approximate surface area is 99.8 Å². The number of ether oxygens (including phenoxy) is 1. The molecule has 0 radical (unpaired) electrons. The van der Waals surface area contributed by atoms with Crippen LogP contribution < -0.4 is 5.73 Å². The van der Waals surface area contributed by atoms with E-state index in [-0.39, 0.29) is 6.61 Å². The van der Waals surface area contributed by atoms with Crippen LogP contribution in [0.3, 0.4) is 0 Å². The monoisotopic (exact) mass is 239 g/mol. The van der Waals surface area contributed by atoms with Gasteiger partial charge in [-0.3, -0.25) is 0 Å². The third kappa shape index (κ3) is 3.52. The summed E-state index contributed by atoms with van der Waals surface area (Å²) in [4.78, 5) is 11.3. The van der Waals surface area contributed by atoms with E-state index < -0.39 is 18.2 Å². The first-order chi connectivity index (χ1) is 8.10. The van der Waals surface area contributed by atoms with Crippen molar-refractivity contribution < 1.29 is 19.7 Å². The molecule has 5 heteroatoms. The lowest BCUT2D eigenvalue weighted by molar-refractivity contribution is -0.159. The lowest BCUT2D eigenvalue weighted by Crippen LogP contribution is -2.29. The largest absolute Gasteiger partial charge is 0.464 e. The van der Waals surface area contributed by atoms with E-state index in [1.54, 1.807) is 31.2 Å². The Morgan fingerprint density at radius 1 is 1.47 bits per heavy atom. The van der Waals surface area contributed by atoms with Gasteiger partial charge in [-0.25, -0.2) is 4.79 Å². The second-order valence-corrected chi connectivity index (χ2v) is 3.59. The molecule has 0 aliphatic rings. The summed E-state index contributed by atoms with van der Waals surface area (Å²) in [7, 11) is 0. The van der Waals surface area contributed by atoms with Crippen molar-refractivity contribution in [1.29, 1.82) is 0 Å². The van der Waals surface area contributed by atoms with Crippen molar-refractivity contribution in [2.24, 2.45) is 5.73 Å². The fourth-order valence-electron chi connectivity index (χ4n) is 1.44. The predicted octanol–water partition coefficient (Wildman–Crippen LogP) is 0.103. The minimum absolute atomic E-state index is 0.158. The SMILES string of the molecule is CCOC(=O)C(O)C(O)c1cccc(CN)c1. The van der Waals surface area contributed by atoms with Crippen LogP contribution in [0.25, 0.3) is 0 Å². The zero-order valence-electron chi connectivity index (χ0n) is 9.67. The summed E-state index contributed by atoms with van der Waals surface area (Å²) in [5, 5.41) is 19.4. The number of hydrogen-bond donors (Lipinski definition) is 3. The first-order valence-electron chi connectivity index (χ1n) is 5.41. The Balaban J connectivity index is 2.80. The number of aliphatic hydroxyl groups excluding tert-OH is 2. The molecule has 0 aromatic heterocycles. The van der Waals surface area contributed by atoms with Gasteiger partial charge in [0.1, 0.15) is 6.10 Å². The molecule has 0 spiro atoms. The summed E-state index contributed by atoms with van der Waals surface area (Å²) in [6, 6.07) is 6.77. The third-order valence-corrected chi connectivity index (χ3v) is 2.36. The summed E-state index contributed by atoms with van der Waals surface area (Å²) in [6.45, 7) is 2.12. The van der Waals surface area contributed by atoms with Gasteiger partial charge in [0.25, 0.3) is 0 Å². The molecule has 17 heavy (non-hydrogen) atoms. The highest BCUT2D eigenvalue weighted by atomic mass is 16.5. The molecule has 0 heterocycles. The standard InChI is InChI=1S/C12H17NO4/c1-2-17-12(16)11(15)10(14)9-5-3-4-8(6-9)7-13/h3-6,10-11,14-15H,2,7,13H2,1H3. The van der Waals surface area contributed by atoms with Crippen LogP contribution in [0.2, 0.25) is 0 Å². The second kappa shape index (κ2) is 6.34. The number of carbonyl (C=O) groups is 1. The molecular formula is C12H17NO4. The molecule has 94 valence electrons. The molecular weight excluding hydrogens is 222 g/mol. The van der Waals surface area contributed by atoms with Gasteiger partial charge in [-0.2, -0.15) is 0 Å². The maximum absolute atomic E-state index is 11.3. The van der Waals surface area contributed by atoms with E-state index in [9.17, 15) is 15.0 Å². The first-order valence-corrected chi connectivity index (χ1v) is 5.41. The van der Waals surface area contributed by atoms with Crippen LogP contribution in [-0.2, 0) is 16.1 Å². The third-order valence-electron chi connectivity index (χ3n) is 2.36. The van der Waals surface area contributed by atoms with E-state index in [4.69, 9.17) is 5.73 Å². The molecule has 0 saturated carbocycles. The van der Waals surface area contributed by atoms with E-state index in [1.807, 2.05) is 0 Å². The maximum Gasteiger partial charge on any atom is 0.338 e. The average molecular weight is 239 g/mol. The number of hydrogen-bond acceptors (Lipinski definition) is 5. The Morgan fingerprint density at radius 3 is 2.76 bits per heavy atom. The van der Waals surface area contributed by atoms with Crippen LogP contribution in [0.5, 0.6) is 0 Å². The topological polar surface area (TPSA) is 92.8 Å². The quantitative estimate of drug-likeness (QED) is 0.634. The Hall–Kier alpha value is -1.43. The summed E-state index contributed by atoms with van der Waals surface area (Å²) < 4.78 is 4.63. The Bertz CT molecular complexity index is 381. The van der Waals surface area contributed by atoms with Gasteiger partial charge >= 0.3 is 5.97 Å². The molecule has 1 rings (SSSR count). The number of rotatable bonds is 5. The summed E-state index contributed by atoms with van der Waals surface area (Å²) >= 11 is 0. The van der Waals surface area contributed by atoms with Crippen LogP contribution in [0.4, 0.5) is 0 Å². The molecule has 0 bridgehead atoms. The van der Waals surface area contributed by atoms with Crippen LogP contribution in [-0.4, -0.2) is 28.9 Å². The molecule has 1 aromatic rings. The Kier molecular flexibility index (Phi) is 5.09. The van der Waals surface area contributed by atoms with Crippen molar-refractivity contribution in [1.82, 2.24) is 0 Å². The van der Waals surface area contributed by atoms with E-state index in [0.717, 1.165) is 5.56 Å². The smallest absolute Gasteiger partial charge is 0.338 e. The maximum atomic E-state index is 11.3. The number of esters is 1. The van der Waals surface area contributed by atoms with Gasteiger partial charge in [-0.15, -0.1) is 0 Å².